The molecule has 2 N–H and O–H groups in total. The van der Waals surface area contributed by atoms with E-state index in [1.54, 1.807) is 6.07 Å². The average Bonchev–Trinajstić information content (AvgIpc) is 3.19. The van der Waals surface area contributed by atoms with Gasteiger partial charge in [-0.05, 0) is 30.2 Å². The lowest BCUT2D eigenvalue weighted by molar-refractivity contribution is 0.0692. The normalized spacial score (nSPS) is 11.0. The van der Waals surface area contributed by atoms with E-state index >= 15 is 0 Å². The molecular weight excluding hydrogens is 353 g/mol. The van der Waals surface area contributed by atoms with Crippen LogP contribution in [0.25, 0.3) is 5.69 Å². The minimum Gasteiger partial charge on any atom is -0.478 e. The zero-order chi connectivity index (χ0) is 19.7. The molecule has 0 fully saturated rings. The second-order valence-electron chi connectivity index (χ2n) is 6.29. The Labute approximate surface area is 154 Å². The van der Waals surface area contributed by atoms with Gasteiger partial charge >= 0.3 is 5.97 Å². The van der Waals surface area contributed by atoms with E-state index in [2.05, 4.69) is 15.5 Å². The van der Waals surface area contributed by atoms with Crippen LogP contribution in [0.5, 0.6) is 0 Å². The van der Waals surface area contributed by atoms with Gasteiger partial charge in [-0.2, -0.15) is 10.2 Å². The van der Waals surface area contributed by atoms with Gasteiger partial charge in [0.25, 0.3) is 5.91 Å². The molecular formula is C18H18FN5O3. The molecule has 0 radical (unpaired) electrons. The van der Waals surface area contributed by atoms with Crippen LogP contribution in [0.1, 0.15) is 46.3 Å². The highest BCUT2D eigenvalue weighted by Gasteiger charge is 2.23. The SMILES string of the molecule is CC(C)c1cc(NC(=O)c2c(C(=O)O)cnn2C)n(-c2ccc(F)cc2)n1. The van der Waals surface area contributed by atoms with Crippen LogP contribution in [0.2, 0.25) is 0 Å². The largest absolute Gasteiger partial charge is 0.478 e. The molecule has 8 nitrogen and oxygen atoms in total. The van der Waals surface area contributed by atoms with Crippen LogP contribution in [0, 0.1) is 5.82 Å². The topological polar surface area (TPSA) is 102 Å². The van der Waals surface area contributed by atoms with Gasteiger partial charge in [-0.3, -0.25) is 9.48 Å². The number of halogens is 1. The number of aromatic nitrogens is 4. The molecule has 2 aromatic heterocycles. The molecule has 1 aromatic carbocycles. The van der Waals surface area contributed by atoms with Crippen LogP contribution in [-0.2, 0) is 7.05 Å². The van der Waals surface area contributed by atoms with Crippen LogP contribution in [-0.4, -0.2) is 36.5 Å². The summed E-state index contributed by atoms with van der Waals surface area (Å²) in [4.78, 5) is 24.0. The Hall–Kier alpha value is -3.49. The smallest absolute Gasteiger partial charge is 0.339 e. The predicted molar refractivity (Wildman–Crippen MR) is 95.7 cm³/mol. The lowest BCUT2D eigenvalue weighted by Gasteiger charge is -2.09. The molecule has 0 saturated carbocycles. The van der Waals surface area contributed by atoms with Gasteiger partial charge in [0.15, 0.2) is 0 Å². The summed E-state index contributed by atoms with van der Waals surface area (Å²) in [5, 5.41) is 20.2. The number of nitrogens with one attached hydrogen (secondary N) is 1. The molecule has 3 aromatic rings. The molecule has 1 amide bonds. The number of carboxylic acids is 1. The summed E-state index contributed by atoms with van der Waals surface area (Å²) < 4.78 is 15.9. The lowest BCUT2D eigenvalue weighted by atomic mass is 10.1. The fraction of sp³-hybridized carbons (Fsp3) is 0.222. The summed E-state index contributed by atoms with van der Waals surface area (Å²) in [6.07, 6.45) is 1.12. The van der Waals surface area contributed by atoms with Crippen molar-refractivity contribution in [2.75, 3.05) is 5.32 Å². The quantitative estimate of drug-likeness (QED) is 0.718. The highest BCUT2D eigenvalue weighted by Crippen LogP contribution is 2.23. The number of aromatic carboxylic acids is 1. The average molecular weight is 371 g/mol. The summed E-state index contributed by atoms with van der Waals surface area (Å²) in [7, 11) is 1.48. The Balaban J connectivity index is 2.01. The predicted octanol–water partition coefficient (Wildman–Crippen LogP) is 2.82. The van der Waals surface area contributed by atoms with Crippen molar-refractivity contribution in [1.29, 1.82) is 0 Å². The fourth-order valence-corrected chi connectivity index (χ4v) is 2.59. The van der Waals surface area contributed by atoms with Gasteiger partial charge < -0.3 is 10.4 Å². The first-order chi connectivity index (χ1) is 12.8. The number of hydrogen-bond acceptors (Lipinski definition) is 4. The Bertz CT molecular complexity index is 1000. The monoisotopic (exact) mass is 371 g/mol. The van der Waals surface area contributed by atoms with Crippen molar-refractivity contribution < 1.29 is 19.1 Å². The van der Waals surface area contributed by atoms with E-state index < -0.39 is 11.9 Å². The first kappa shape index (κ1) is 18.3. The maximum absolute atomic E-state index is 13.2. The molecule has 0 bridgehead atoms. The number of carboxylic acid groups (broad SMARTS) is 1. The molecule has 3 rings (SSSR count). The molecule has 0 spiro atoms. The first-order valence-electron chi connectivity index (χ1n) is 8.20. The Kier molecular flexibility index (Phi) is 4.76. The van der Waals surface area contributed by atoms with E-state index in [4.69, 9.17) is 0 Å². The van der Waals surface area contributed by atoms with Gasteiger partial charge in [0.05, 0.1) is 17.6 Å². The molecule has 0 aliphatic heterocycles. The zero-order valence-corrected chi connectivity index (χ0v) is 15.0. The van der Waals surface area contributed by atoms with Crippen LogP contribution in [0.15, 0.2) is 36.5 Å². The third-order valence-corrected chi connectivity index (χ3v) is 4.02. The number of benzene rings is 1. The standard InChI is InChI=1S/C18H18FN5O3/c1-10(2)14-8-15(24(22-14)12-6-4-11(19)5-7-12)21-17(25)16-13(18(26)27)9-20-23(16)3/h4-10H,1-3H3,(H,21,25)(H,26,27). The van der Waals surface area contributed by atoms with E-state index in [1.807, 2.05) is 13.8 Å². The maximum atomic E-state index is 13.2. The van der Waals surface area contributed by atoms with Gasteiger partial charge in [0, 0.05) is 13.1 Å². The van der Waals surface area contributed by atoms with Crippen molar-refractivity contribution in [1.82, 2.24) is 19.6 Å². The molecule has 9 heteroatoms. The van der Waals surface area contributed by atoms with E-state index in [0.717, 1.165) is 11.9 Å². The molecule has 0 aliphatic carbocycles. The number of anilines is 1. The van der Waals surface area contributed by atoms with E-state index in [1.165, 1.54) is 40.7 Å². The summed E-state index contributed by atoms with van der Waals surface area (Å²) >= 11 is 0. The molecule has 0 aliphatic rings. The highest BCUT2D eigenvalue weighted by molar-refractivity contribution is 6.09. The maximum Gasteiger partial charge on any atom is 0.339 e. The minimum absolute atomic E-state index is 0.0829. The molecule has 27 heavy (non-hydrogen) atoms. The number of aryl methyl sites for hydroxylation is 1. The van der Waals surface area contributed by atoms with E-state index in [0.29, 0.717) is 11.5 Å². The van der Waals surface area contributed by atoms with Gasteiger partial charge in [0.1, 0.15) is 22.9 Å². The molecule has 0 unspecified atom stereocenters. The van der Waals surface area contributed by atoms with Crippen LogP contribution >= 0.6 is 0 Å². The van der Waals surface area contributed by atoms with Crippen molar-refractivity contribution in [3.05, 3.63) is 59.3 Å². The zero-order valence-electron chi connectivity index (χ0n) is 15.0. The second kappa shape index (κ2) is 7.02. The third kappa shape index (κ3) is 3.57. The van der Waals surface area contributed by atoms with Gasteiger partial charge in [0.2, 0.25) is 0 Å². The minimum atomic E-state index is -1.25. The fourth-order valence-electron chi connectivity index (χ4n) is 2.59. The van der Waals surface area contributed by atoms with Crippen LogP contribution in [0.3, 0.4) is 0 Å². The van der Waals surface area contributed by atoms with Crippen molar-refractivity contribution in [2.24, 2.45) is 7.05 Å². The summed E-state index contributed by atoms with van der Waals surface area (Å²) in [6, 6.07) is 7.36. The number of carbonyl (C=O) groups is 2. The number of nitrogens with zero attached hydrogens (tertiary/aromatic N) is 4. The first-order valence-corrected chi connectivity index (χ1v) is 8.20. The van der Waals surface area contributed by atoms with Crippen molar-refractivity contribution in [3.63, 3.8) is 0 Å². The third-order valence-electron chi connectivity index (χ3n) is 4.02. The van der Waals surface area contributed by atoms with Crippen LogP contribution in [0.4, 0.5) is 10.2 Å². The number of hydrogen-bond donors (Lipinski definition) is 2. The lowest BCUT2D eigenvalue weighted by Crippen LogP contribution is -2.21. The van der Waals surface area contributed by atoms with Crippen LogP contribution < -0.4 is 5.32 Å². The summed E-state index contributed by atoms with van der Waals surface area (Å²) in [5.41, 5.74) is 0.993. The molecule has 2 heterocycles. The Morgan fingerprint density at radius 3 is 2.48 bits per heavy atom. The van der Waals surface area contributed by atoms with Gasteiger partial charge in [-0.1, -0.05) is 13.8 Å². The molecule has 0 saturated heterocycles. The molecule has 0 atom stereocenters. The number of carbonyl (C=O) groups excluding carboxylic acids is 1. The van der Waals surface area contributed by atoms with Crippen molar-refractivity contribution >= 4 is 17.7 Å². The summed E-state index contributed by atoms with van der Waals surface area (Å²) in [6.45, 7) is 3.90. The van der Waals surface area contributed by atoms with Gasteiger partial charge in [-0.15, -0.1) is 0 Å². The second-order valence-corrected chi connectivity index (χ2v) is 6.29. The molecule has 140 valence electrons. The van der Waals surface area contributed by atoms with Crippen molar-refractivity contribution in [2.45, 2.75) is 19.8 Å². The van der Waals surface area contributed by atoms with Crippen molar-refractivity contribution in [3.8, 4) is 5.69 Å². The van der Waals surface area contributed by atoms with Gasteiger partial charge in [-0.25, -0.2) is 13.9 Å². The number of rotatable bonds is 5. The van der Waals surface area contributed by atoms with E-state index in [9.17, 15) is 19.1 Å². The Morgan fingerprint density at radius 2 is 1.89 bits per heavy atom. The number of amides is 1. The summed E-state index contributed by atoms with van der Waals surface area (Å²) in [5.74, 6) is -1.84. The Morgan fingerprint density at radius 1 is 1.22 bits per heavy atom. The highest BCUT2D eigenvalue weighted by atomic mass is 19.1. The van der Waals surface area contributed by atoms with E-state index in [-0.39, 0.29) is 23.0 Å².